The van der Waals surface area contributed by atoms with Gasteiger partial charge in [-0.05, 0) is 163 Å². The lowest BCUT2D eigenvalue weighted by Crippen LogP contribution is -2.49. The summed E-state index contributed by atoms with van der Waals surface area (Å²) in [6.07, 6.45) is -2.44. The number of aliphatic hydroxyl groups excluding tert-OH is 2. The number of benzene rings is 2. The number of esters is 2. The van der Waals surface area contributed by atoms with Crippen molar-refractivity contribution in [3.63, 3.8) is 0 Å². The molecule has 4 atom stereocenters. The molecule has 0 heterocycles. The Kier molecular flexibility index (Phi) is 25.3. The fraction of sp³-hybridized carbons (Fsp3) is 0.474. The third-order valence-corrected chi connectivity index (χ3v) is 14.8. The molecule has 0 saturated carbocycles. The molecular formula is C38H46I6N6O16. The summed E-state index contributed by atoms with van der Waals surface area (Å²) in [6.45, 7) is 5.82. The van der Waals surface area contributed by atoms with Crippen LogP contribution >= 0.6 is 136 Å². The number of carbonyl (C=O) groups is 8. The molecule has 28 heteroatoms. The zero-order valence-electron chi connectivity index (χ0n) is 35.8. The number of nitrogens with one attached hydrogen (secondary N) is 6. The van der Waals surface area contributed by atoms with E-state index in [1.54, 1.807) is 90.4 Å². The van der Waals surface area contributed by atoms with Crippen molar-refractivity contribution in [1.29, 1.82) is 0 Å². The van der Waals surface area contributed by atoms with Crippen LogP contribution in [0.25, 0.3) is 0 Å². The first-order valence-corrected chi connectivity index (χ1v) is 25.5. The van der Waals surface area contributed by atoms with Gasteiger partial charge in [0.2, 0.25) is 0 Å². The molecule has 66 heavy (non-hydrogen) atoms. The van der Waals surface area contributed by atoms with Crippen molar-refractivity contribution in [2.45, 2.75) is 65.2 Å². The molecule has 6 amide bonds. The monoisotopic (exact) mass is 1600 g/mol. The van der Waals surface area contributed by atoms with Gasteiger partial charge < -0.3 is 71.3 Å². The van der Waals surface area contributed by atoms with Crippen LogP contribution in [0.2, 0.25) is 0 Å². The highest BCUT2D eigenvalue weighted by molar-refractivity contribution is 14.1. The Hall–Kier alpha value is -1.66. The maximum atomic E-state index is 13.6. The number of carbonyl (C=O) groups excluding carboxylic acids is 8. The molecular weight excluding hydrogens is 1560 g/mol. The van der Waals surface area contributed by atoms with E-state index in [1.807, 2.05) is 45.2 Å². The number of halogens is 6. The van der Waals surface area contributed by atoms with Gasteiger partial charge in [0.05, 0.1) is 87.6 Å². The van der Waals surface area contributed by atoms with Gasteiger partial charge in [0, 0.05) is 34.1 Å². The number of ether oxygens (including phenoxy) is 4. The predicted octanol–water partition coefficient (Wildman–Crippen LogP) is 2.15. The zero-order valence-corrected chi connectivity index (χ0v) is 48.7. The second kappa shape index (κ2) is 27.7. The highest BCUT2D eigenvalue weighted by Crippen LogP contribution is 2.38. The average molecular weight is 1600 g/mol. The molecule has 0 aliphatic carbocycles. The minimum atomic E-state index is -2.02. The van der Waals surface area contributed by atoms with E-state index in [9.17, 15) is 58.8 Å². The molecule has 0 radical (unpaired) electrons. The van der Waals surface area contributed by atoms with Crippen LogP contribution in [0.3, 0.4) is 0 Å². The lowest BCUT2D eigenvalue weighted by molar-refractivity contribution is -0.151. The summed E-state index contributed by atoms with van der Waals surface area (Å²) in [4.78, 5) is 103. The number of anilines is 2. The van der Waals surface area contributed by atoms with Crippen molar-refractivity contribution < 1.29 is 77.7 Å². The van der Waals surface area contributed by atoms with Crippen LogP contribution in [0.4, 0.5) is 11.4 Å². The second-order valence-electron chi connectivity index (χ2n) is 14.1. The Balaban J connectivity index is 2.12. The Morgan fingerprint density at radius 3 is 1.08 bits per heavy atom. The van der Waals surface area contributed by atoms with Crippen LogP contribution < -0.4 is 31.9 Å². The third kappa shape index (κ3) is 17.6. The van der Waals surface area contributed by atoms with E-state index in [1.165, 1.54) is 27.7 Å². The van der Waals surface area contributed by atoms with Gasteiger partial charge in [-0.25, -0.2) is 0 Å². The Bertz CT molecular complexity index is 2060. The Morgan fingerprint density at radius 1 is 0.515 bits per heavy atom. The second-order valence-corrected chi connectivity index (χ2v) is 20.6. The van der Waals surface area contributed by atoms with E-state index >= 15 is 0 Å². The van der Waals surface area contributed by atoms with E-state index in [-0.39, 0.29) is 94.6 Å². The molecule has 10 N–H and O–H groups in total. The number of amides is 6. The van der Waals surface area contributed by atoms with Crippen molar-refractivity contribution in [1.82, 2.24) is 21.3 Å². The van der Waals surface area contributed by atoms with Crippen LogP contribution in [0.1, 0.15) is 83.0 Å². The number of aliphatic hydroxyl groups is 4. The number of rotatable bonds is 23. The summed E-state index contributed by atoms with van der Waals surface area (Å²) >= 11 is 10.9. The molecule has 22 nitrogen and oxygen atoms in total. The van der Waals surface area contributed by atoms with Gasteiger partial charge in [0.15, 0.2) is 23.7 Å². The summed E-state index contributed by atoms with van der Waals surface area (Å²) in [5.41, 5.74) is -4.06. The topological polar surface area (TPSA) is 327 Å². The predicted molar refractivity (Wildman–Crippen MR) is 286 cm³/mol. The van der Waals surface area contributed by atoms with E-state index in [0.29, 0.717) is 0 Å². The lowest BCUT2D eigenvalue weighted by Gasteiger charge is -2.25. The third-order valence-electron chi connectivity index (χ3n) is 8.28. The maximum absolute atomic E-state index is 13.6. The van der Waals surface area contributed by atoms with Crippen molar-refractivity contribution in [3.8, 4) is 0 Å². The quantitative estimate of drug-likeness (QED) is 0.0330. The molecule has 366 valence electrons. The van der Waals surface area contributed by atoms with Gasteiger partial charge >= 0.3 is 11.9 Å². The van der Waals surface area contributed by atoms with Crippen molar-refractivity contribution in [2.24, 2.45) is 0 Å². The normalized spacial score (nSPS) is 13.8. The van der Waals surface area contributed by atoms with E-state index in [4.69, 9.17) is 18.9 Å². The number of hydrogen-bond acceptors (Lipinski definition) is 16. The molecule has 0 aliphatic rings. The lowest BCUT2D eigenvalue weighted by atomic mass is 10.1. The smallest absolute Gasteiger partial charge is 0.303 e. The molecule has 0 fully saturated rings. The number of hydrogen-bond donors (Lipinski definition) is 10. The fourth-order valence-corrected chi connectivity index (χ4v) is 13.9. The first-order valence-electron chi connectivity index (χ1n) is 19.0. The molecule has 0 bridgehead atoms. The SMILES string of the molecule is CC(=O)OC(C)C(=O)Nc1c(I)c(C(=O)NCCOCCOCCNC(=O)c2c(I)c(NC(=O)C(C)OC(C)=O)c(I)c(C(=O)NC(C)(O)CO)c2I)c(I)c(C(=O)NC(C)(O)CO)c1I. The molecule has 2 aromatic rings. The Morgan fingerprint density at radius 2 is 0.803 bits per heavy atom. The molecule has 0 saturated heterocycles. The largest absolute Gasteiger partial charge is 0.453 e. The van der Waals surface area contributed by atoms with Crippen molar-refractivity contribution in [2.75, 3.05) is 63.4 Å². The molecule has 4 unspecified atom stereocenters. The van der Waals surface area contributed by atoms with E-state index < -0.39 is 84.3 Å². The summed E-state index contributed by atoms with van der Waals surface area (Å²) in [7, 11) is 0. The summed E-state index contributed by atoms with van der Waals surface area (Å²) in [5.74, 6) is -5.89. The highest BCUT2D eigenvalue weighted by Gasteiger charge is 2.34. The van der Waals surface area contributed by atoms with Crippen LogP contribution in [0.15, 0.2) is 0 Å². The van der Waals surface area contributed by atoms with Crippen LogP contribution in [-0.2, 0) is 38.1 Å². The van der Waals surface area contributed by atoms with Crippen LogP contribution in [-0.4, -0.2) is 144 Å². The molecule has 0 aliphatic heterocycles. The molecule has 2 rings (SSSR count). The van der Waals surface area contributed by atoms with Crippen molar-refractivity contribution in [3.05, 3.63) is 43.7 Å². The Labute approximate surface area is 460 Å². The zero-order chi connectivity index (χ0) is 50.4. The van der Waals surface area contributed by atoms with Gasteiger partial charge in [0.25, 0.3) is 35.4 Å². The molecule has 2 aromatic carbocycles. The average Bonchev–Trinajstić information content (AvgIpc) is 3.20. The van der Waals surface area contributed by atoms with Crippen LogP contribution in [0.5, 0.6) is 0 Å². The first kappa shape index (κ1) is 60.5. The van der Waals surface area contributed by atoms with Gasteiger partial charge in [-0.1, -0.05) is 0 Å². The van der Waals surface area contributed by atoms with Gasteiger partial charge in [-0.2, -0.15) is 0 Å². The van der Waals surface area contributed by atoms with E-state index in [0.717, 1.165) is 13.8 Å². The maximum Gasteiger partial charge on any atom is 0.303 e. The van der Waals surface area contributed by atoms with Crippen LogP contribution in [0, 0.1) is 21.4 Å². The molecule has 0 spiro atoms. The summed E-state index contributed by atoms with van der Waals surface area (Å²) in [6, 6.07) is 0. The molecule has 0 aromatic heterocycles. The van der Waals surface area contributed by atoms with Gasteiger partial charge in [-0.3, -0.25) is 38.4 Å². The standard InChI is InChI=1S/C38H46I6N6O16/c1-15(65-17(3)53)31(55)47-29-25(41)19(23(39)21(27(29)43)35(59)49-37(5,61)13-51)33(57)45-7-9-63-11-12-64-10-8-46-34(58)20-24(40)22(36(60)50-38(6,62)14-52)28(44)30(26(20)42)48-32(56)16(2)66-18(4)54/h15-16,51-52,61-62H,7-14H2,1-6H3,(H,45,57)(H,46,58)(H,47,55)(H,48,56)(H,49,59)(H,50,60). The minimum Gasteiger partial charge on any atom is -0.453 e. The van der Waals surface area contributed by atoms with Gasteiger partial charge in [-0.15, -0.1) is 0 Å². The van der Waals surface area contributed by atoms with Gasteiger partial charge in [0.1, 0.15) is 0 Å². The van der Waals surface area contributed by atoms with E-state index in [2.05, 4.69) is 31.9 Å². The summed E-state index contributed by atoms with van der Waals surface area (Å²) < 4.78 is 22.3. The highest BCUT2D eigenvalue weighted by atomic mass is 127. The summed E-state index contributed by atoms with van der Waals surface area (Å²) in [5, 5.41) is 54.9. The minimum absolute atomic E-state index is 0.00464. The van der Waals surface area contributed by atoms with Crippen molar-refractivity contribution >= 4 is 194 Å². The first-order chi connectivity index (χ1) is 30.6. The fourth-order valence-electron chi connectivity index (χ4n) is 5.07.